The monoisotopic (exact) mass is 423 g/mol. The number of para-hydroxylation sites is 1. The molecule has 9 heteroatoms. The SMILES string of the molecule is CCC[P+](=O)Oc1ccccc1.C[P+](=O)OCCCCCCO[P+](C)=O. The van der Waals surface area contributed by atoms with Crippen molar-refractivity contribution in [3.63, 3.8) is 0 Å². The van der Waals surface area contributed by atoms with Crippen LogP contribution in [0.1, 0.15) is 39.0 Å². The minimum absolute atomic E-state index is 0.564. The van der Waals surface area contributed by atoms with Crippen molar-refractivity contribution in [1.29, 1.82) is 0 Å². The van der Waals surface area contributed by atoms with Crippen LogP contribution in [-0.2, 0) is 22.7 Å². The van der Waals surface area contributed by atoms with Gasteiger partial charge in [0.2, 0.25) is 0 Å². The van der Waals surface area contributed by atoms with Crippen LogP contribution in [0.5, 0.6) is 5.75 Å². The van der Waals surface area contributed by atoms with Crippen molar-refractivity contribution in [2.24, 2.45) is 0 Å². The molecule has 0 aromatic heterocycles. The third-order valence-electron chi connectivity index (χ3n) is 2.94. The summed E-state index contributed by atoms with van der Waals surface area (Å²) in [4.78, 5) is 0. The van der Waals surface area contributed by atoms with E-state index in [1.54, 1.807) is 13.3 Å². The van der Waals surface area contributed by atoms with E-state index in [1.165, 1.54) is 0 Å². The molecule has 3 atom stereocenters. The molecule has 1 aromatic carbocycles. The summed E-state index contributed by atoms with van der Waals surface area (Å²) < 4.78 is 47.2. The van der Waals surface area contributed by atoms with Gasteiger partial charge in [0, 0.05) is 0 Å². The van der Waals surface area contributed by atoms with Gasteiger partial charge in [-0.15, -0.1) is 9.05 Å². The summed E-state index contributed by atoms with van der Waals surface area (Å²) in [7, 11) is -4.41. The first-order valence-corrected chi connectivity index (χ1v) is 13.3. The molecule has 26 heavy (non-hydrogen) atoms. The van der Waals surface area contributed by atoms with Crippen molar-refractivity contribution >= 4 is 24.1 Å². The van der Waals surface area contributed by atoms with Gasteiger partial charge in [0.25, 0.3) is 0 Å². The third kappa shape index (κ3) is 18.0. The van der Waals surface area contributed by atoms with E-state index in [2.05, 4.69) is 0 Å². The lowest BCUT2D eigenvalue weighted by molar-refractivity contribution is 0.301. The van der Waals surface area contributed by atoms with Crippen molar-refractivity contribution in [3.8, 4) is 5.75 Å². The van der Waals surface area contributed by atoms with Gasteiger partial charge < -0.3 is 0 Å². The van der Waals surface area contributed by atoms with Crippen molar-refractivity contribution in [2.75, 3.05) is 32.7 Å². The molecule has 1 aromatic rings. The summed E-state index contributed by atoms with van der Waals surface area (Å²) in [6.45, 7) is 6.23. The molecule has 6 nitrogen and oxygen atoms in total. The highest BCUT2D eigenvalue weighted by Gasteiger charge is 2.16. The van der Waals surface area contributed by atoms with Crippen LogP contribution in [0.25, 0.3) is 0 Å². The molecule has 1 rings (SSSR count). The van der Waals surface area contributed by atoms with Gasteiger partial charge in [0.05, 0.1) is 0 Å². The Morgan fingerprint density at radius 2 is 1.31 bits per heavy atom. The molecule has 0 N–H and O–H groups in total. The highest BCUT2D eigenvalue weighted by molar-refractivity contribution is 7.39. The van der Waals surface area contributed by atoms with Crippen LogP contribution in [0, 0.1) is 0 Å². The van der Waals surface area contributed by atoms with Gasteiger partial charge in [-0.05, 0) is 45.1 Å². The molecule has 0 spiro atoms. The van der Waals surface area contributed by atoms with E-state index in [9.17, 15) is 13.7 Å². The first-order valence-electron chi connectivity index (χ1n) is 8.71. The molecular weight excluding hydrogens is 393 g/mol. The fourth-order valence-corrected chi connectivity index (χ4v) is 3.36. The van der Waals surface area contributed by atoms with Crippen molar-refractivity contribution in [2.45, 2.75) is 39.0 Å². The number of unbranched alkanes of at least 4 members (excludes halogenated alkanes) is 3. The molecule has 0 aliphatic rings. The zero-order valence-corrected chi connectivity index (χ0v) is 18.5. The third-order valence-corrected chi connectivity index (χ3v) is 5.26. The molecule has 3 unspecified atom stereocenters. The van der Waals surface area contributed by atoms with E-state index < -0.39 is 24.1 Å². The number of hydrogen-bond donors (Lipinski definition) is 0. The Balaban J connectivity index is 0.000000485. The van der Waals surface area contributed by atoms with Gasteiger partial charge in [0.1, 0.15) is 13.2 Å². The van der Waals surface area contributed by atoms with E-state index >= 15 is 0 Å². The second-order valence-corrected chi connectivity index (χ2v) is 8.99. The maximum Gasteiger partial charge on any atom is 0.555 e. The lowest BCUT2D eigenvalue weighted by atomic mass is 10.2. The van der Waals surface area contributed by atoms with E-state index in [0.29, 0.717) is 25.1 Å². The van der Waals surface area contributed by atoms with Gasteiger partial charge in [-0.25, -0.2) is 0 Å². The molecule has 0 bridgehead atoms. The van der Waals surface area contributed by atoms with Crippen molar-refractivity contribution < 1.29 is 27.3 Å². The molecular formula is C17H30O6P3+3. The highest BCUT2D eigenvalue weighted by Crippen LogP contribution is 2.26. The molecule has 0 aliphatic carbocycles. The quantitative estimate of drug-likeness (QED) is 0.265. The number of benzene rings is 1. The molecule has 146 valence electrons. The molecule has 0 aliphatic heterocycles. The topological polar surface area (TPSA) is 78.9 Å². The van der Waals surface area contributed by atoms with Gasteiger partial charge >= 0.3 is 24.1 Å². The van der Waals surface area contributed by atoms with Crippen LogP contribution >= 0.6 is 24.1 Å². The maximum absolute atomic E-state index is 11.1. The van der Waals surface area contributed by atoms with E-state index in [0.717, 1.165) is 32.1 Å². The zero-order chi connectivity index (χ0) is 19.6. The summed E-state index contributed by atoms with van der Waals surface area (Å²) in [6, 6.07) is 9.25. The first-order chi connectivity index (χ1) is 12.5. The summed E-state index contributed by atoms with van der Waals surface area (Å²) in [6.07, 6.45) is 5.44. The van der Waals surface area contributed by atoms with Crippen LogP contribution in [0.15, 0.2) is 30.3 Å². The average Bonchev–Trinajstić information content (AvgIpc) is 2.58. The Morgan fingerprint density at radius 3 is 1.73 bits per heavy atom. The summed E-state index contributed by atoms with van der Waals surface area (Å²) in [5.74, 6) is 0.687. The summed E-state index contributed by atoms with van der Waals surface area (Å²) in [5.41, 5.74) is 0. The molecule has 0 fully saturated rings. The highest BCUT2D eigenvalue weighted by atomic mass is 31.1. The van der Waals surface area contributed by atoms with Crippen molar-refractivity contribution in [1.82, 2.24) is 0 Å². The summed E-state index contributed by atoms with van der Waals surface area (Å²) >= 11 is 0. The predicted octanol–water partition coefficient (Wildman–Crippen LogP) is 6.54. The van der Waals surface area contributed by atoms with Gasteiger partial charge in [-0.1, -0.05) is 38.0 Å². The lowest BCUT2D eigenvalue weighted by Crippen LogP contribution is -1.90. The molecule has 0 saturated heterocycles. The Morgan fingerprint density at radius 1 is 0.808 bits per heavy atom. The van der Waals surface area contributed by atoms with E-state index in [4.69, 9.17) is 13.6 Å². The summed E-state index contributed by atoms with van der Waals surface area (Å²) in [5, 5.41) is 0. The van der Waals surface area contributed by atoms with Crippen LogP contribution in [0.2, 0.25) is 0 Å². The fourth-order valence-electron chi connectivity index (χ4n) is 1.77. The van der Waals surface area contributed by atoms with Gasteiger partial charge in [0.15, 0.2) is 25.2 Å². The van der Waals surface area contributed by atoms with Gasteiger partial charge in [-0.2, -0.15) is 0 Å². The zero-order valence-electron chi connectivity index (χ0n) is 15.8. The second-order valence-electron chi connectivity index (χ2n) is 5.42. The van der Waals surface area contributed by atoms with E-state index in [1.807, 2.05) is 37.3 Å². The Kier molecular flexibility index (Phi) is 17.1. The average molecular weight is 423 g/mol. The molecule has 0 saturated carbocycles. The van der Waals surface area contributed by atoms with Crippen LogP contribution in [0.3, 0.4) is 0 Å². The Labute approximate surface area is 159 Å². The van der Waals surface area contributed by atoms with Crippen LogP contribution in [-0.4, -0.2) is 32.7 Å². The maximum atomic E-state index is 11.1. The normalized spacial score (nSPS) is 11.9. The van der Waals surface area contributed by atoms with Gasteiger partial charge in [-0.3, -0.25) is 4.52 Å². The second kappa shape index (κ2) is 17.6. The fraction of sp³-hybridized carbons (Fsp3) is 0.647. The standard InChI is InChI=1S/C9H12O2P.C8H18O4P2/c1-2-8-12(10)11-9-6-4-3-5-7-9;1-13(9)11-7-5-3-4-6-8-12-14(2)10/h3-7H,2,8H2,1H3;3-8H2,1-2H3/q+1;+2. The number of hydrogen-bond acceptors (Lipinski definition) is 6. The largest absolute Gasteiger partial charge is 0.555 e. The van der Waals surface area contributed by atoms with Crippen molar-refractivity contribution in [3.05, 3.63) is 30.3 Å². The Hall–Kier alpha value is -0.760. The van der Waals surface area contributed by atoms with Crippen LogP contribution < -0.4 is 4.52 Å². The molecule has 0 radical (unpaired) electrons. The molecule has 0 heterocycles. The Bertz CT molecular complexity index is 504. The minimum atomic E-state index is -1.51. The number of rotatable bonds is 13. The van der Waals surface area contributed by atoms with Crippen LogP contribution in [0.4, 0.5) is 0 Å². The first kappa shape index (κ1) is 25.2. The smallest absolute Gasteiger partial charge is 0.254 e. The van der Waals surface area contributed by atoms with E-state index in [-0.39, 0.29) is 0 Å². The molecule has 0 amide bonds. The minimum Gasteiger partial charge on any atom is -0.254 e. The lowest BCUT2D eigenvalue weighted by Gasteiger charge is -1.95. The predicted molar refractivity (Wildman–Crippen MR) is 107 cm³/mol.